The minimum Gasteiger partial charge on any atom is -0.726 e. The van der Waals surface area contributed by atoms with Crippen LogP contribution in [0.25, 0.3) is 0 Å². The Morgan fingerprint density at radius 1 is 1.22 bits per heavy atom. The first kappa shape index (κ1) is 29.2. The van der Waals surface area contributed by atoms with Crippen molar-refractivity contribution in [3.8, 4) is 0 Å². The predicted octanol–water partition coefficient (Wildman–Crippen LogP) is -2.26. The molecule has 152 valence electrons. The van der Waals surface area contributed by atoms with Crippen molar-refractivity contribution in [1.82, 2.24) is 5.32 Å². The molecule has 0 radical (unpaired) electrons. The molecule has 2 unspecified atom stereocenters. The quantitative estimate of drug-likeness (QED) is 0.0848. The molecule has 1 amide bonds. The van der Waals surface area contributed by atoms with Crippen LogP contribution < -0.4 is 56.7 Å². The van der Waals surface area contributed by atoms with E-state index in [1.54, 1.807) is 0 Å². The fourth-order valence-corrected chi connectivity index (χ4v) is 1.73. The Labute approximate surface area is 202 Å². The van der Waals surface area contributed by atoms with E-state index >= 15 is 0 Å². The molecule has 0 aliphatic carbocycles. The molecule has 12 heteroatoms. The van der Waals surface area contributed by atoms with Gasteiger partial charge in [-0.2, -0.15) is 0 Å². The fraction of sp³-hybridized carbons (Fsp3) is 0.733. The van der Waals surface area contributed by atoms with Crippen molar-refractivity contribution in [3.05, 3.63) is 12.2 Å². The smallest absolute Gasteiger partial charge is 0.726 e. The second kappa shape index (κ2) is 15.8. The number of hydrogen-bond donors (Lipinski definition) is 1. The first-order valence-corrected chi connectivity index (χ1v) is 9.33. The van der Waals surface area contributed by atoms with Gasteiger partial charge in [-0.3, -0.25) is 4.18 Å². The van der Waals surface area contributed by atoms with Crippen LogP contribution in [0.1, 0.15) is 27.2 Å². The van der Waals surface area contributed by atoms with Gasteiger partial charge < -0.3 is 24.1 Å². The summed E-state index contributed by atoms with van der Waals surface area (Å²) < 4.78 is 50.8. The number of hydrogen-bond acceptors (Lipinski definition) is 9. The van der Waals surface area contributed by atoms with Crippen molar-refractivity contribution < 1.29 is 92.3 Å². The molecule has 0 fully saturated rings. The van der Waals surface area contributed by atoms with Gasteiger partial charge in [0, 0.05) is 12.2 Å². The first-order chi connectivity index (χ1) is 12.0. The number of carbonyl (C=O) groups is 2. The number of amides is 1. The summed E-state index contributed by atoms with van der Waals surface area (Å²) in [6.45, 7) is 8.26. The minimum absolute atomic E-state index is 0. The van der Waals surface area contributed by atoms with E-state index in [-0.39, 0.29) is 82.6 Å². The number of rotatable bonds is 13. The molecule has 2 atom stereocenters. The molecule has 0 aliphatic rings. The van der Waals surface area contributed by atoms with E-state index in [1.165, 1.54) is 6.92 Å². The van der Waals surface area contributed by atoms with Gasteiger partial charge in [0.05, 0.1) is 13.2 Å². The Hall–Kier alpha value is -0.0536. The van der Waals surface area contributed by atoms with Crippen LogP contribution in [0.4, 0.5) is 4.79 Å². The summed E-state index contributed by atoms with van der Waals surface area (Å²) in [6.07, 6.45) is -1.12. The SMILES string of the molecule is C=C(C)C(=O)OCCNC(=O)OC(COCC(C)CC)COS(=O)(=O)[O-].[K+]. The Morgan fingerprint density at radius 3 is 2.37 bits per heavy atom. The zero-order valence-electron chi connectivity index (χ0n) is 16.2. The first-order valence-electron chi connectivity index (χ1n) is 8.00. The van der Waals surface area contributed by atoms with Gasteiger partial charge in [-0.1, -0.05) is 26.8 Å². The molecular weight excluding hydrogens is 409 g/mol. The summed E-state index contributed by atoms with van der Waals surface area (Å²) in [5.74, 6) is -0.331. The largest absolute Gasteiger partial charge is 1.00 e. The van der Waals surface area contributed by atoms with E-state index in [9.17, 15) is 22.6 Å². The van der Waals surface area contributed by atoms with E-state index in [0.29, 0.717) is 6.61 Å². The van der Waals surface area contributed by atoms with Gasteiger partial charge in [0.2, 0.25) is 10.4 Å². The van der Waals surface area contributed by atoms with Gasteiger partial charge in [-0.25, -0.2) is 18.0 Å². The van der Waals surface area contributed by atoms with Crippen LogP contribution in [0.3, 0.4) is 0 Å². The molecule has 0 bridgehead atoms. The number of nitrogens with one attached hydrogen (secondary N) is 1. The maximum absolute atomic E-state index is 11.7. The summed E-state index contributed by atoms with van der Waals surface area (Å²) in [5, 5.41) is 2.31. The van der Waals surface area contributed by atoms with Crippen LogP contribution in [-0.2, 0) is 33.6 Å². The van der Waals surface area contributed by atoms with Crippen LogP contribution in [0.15, 0.2) is 12.2 Å². The van der Waals surface area contributed by atoms with Crippen molar-refractivity contribution in [2.24, 2.45) is 5.92 Å². The molecule has 0 spiro atoms. The van der Waals surface area contributed by atoms with Crippen LogP contribution in [0, 0.1) is 5.92 Å². The van der Waals surface area contributed by atoms with Gasteiger partial charge >= 0.3 is 63.4 Å². The van der Waals surface area contributed by atoms with Crippen molar-refractivity contribution in [1.29, 1.82) is 0 Å². The van der Waals surface area contributed by atoms with Gasteiger partial charge in [-0.05, 0) is 12.8 Å². The standard InChI is InChI=1S/C15H27NO9S.K/c1-5-12(4)8-22-9-13(10-24-26(19,20)21)25-15(18)16-6-7-23-14(17)11(2)3;/h12-13H,2,5-10H2,1,3-4H3,(H,16,18)(H,19,20,21);/q;+1/p-1. The number of esters is 1. The van der Waals surface area contributed by atoms with Gasteiger partial charge in [0.25, 0.3) is 0 Å². The zero-order chi connectivity index (χ0) is 20.2. The Kier molecular flexibility index (Phi) is 17.1. The molecule has 0 saturated carbocycles. The predicted molar refractivity (Wildman–Crippen MR) is 90.0 cm³/mol. The number of alkyl carbamates (subject to hydrolysis) is 1. The van der Waals surface area contributed by atoms with Crippen molar-refractivity contribution in [2.45, 2.75) is 33.3 Å². The second-order valence-corrected chi connectivity index (χ2v) is 6.67. The Morgan fingerprint density at radius 2 is 1.85 bits per heavy atom. The van der Waals surface area contributed by atoms with E-state index in [0.717, 1.165) is 6.42 Å². The molecule has 0 saturated heterocycles. The molecule has 0 heterocycles. The fourth-order valence-electron chi connectivity index (χ4n) is 1.41. The molecule has 1 N–H and O–H groups in total. The van der Waals surface area contributed by atoms with Crippen molar-refractivity contribution in [3.63, 3.8) is 0 Å². The Balaban J connectivity index is 0. The van der Waals surface area contributed by atoms with Crippen molar-refractivity contribution >= 4 is 22.5 Å². The van der Waals surface area contributed by atoms with Crippen molar-refractivity contribution in [2.75, 3.05) is 33.0 Å². The minimum atomic E-state index is -4.92. The van der Waals surface area contributed by atoms with Gasteiger partial charge in [0.15, 0.2) is 6.10 Å². The topological polar surface area (TPSA) is 140 Å². The number of carbonyl (C=O) groups excluding carboxylic acids is 2. The zero-order valence-corrected chi connectivity index (χ0v) is 20.1. The third kappa shape index (κ3) is 17.8. The van der Waals surface area contributed by atoms with Crippen LogP contribution in [-0.4, -0.2) is 64.1 Å². The normalized spacial score (nSPS) is 13.0. The van der Waals surface area contributed by atoms with E-state index in [4.69, 9.17) is 14.2 Å². The van der Waals surface area contributed by atoms with Gasteiger partial charge in [0.1, 0.15) is 13.2 Å². The van der Waals surface area contributed by atoms with Crippen LogP contribution >= 0.6 is 0 Å². The van der Waals surface area contributed by atoms with Crippen LogP contribution in [0.5, 0.6) is 0 Å². The van der Waals surface area contributed by atoms with Gasteiger partial charge in [-0.15, -0.1) is 0 Å². The van der Waals surface area contributed by atoms with E-state index in [1.807, 2.05) is 13.8 Å². The third-order valence-electron chi connectivity index (χ3n) is 3.03. The molecule has 27 heavy (non-hydrogen) atoms. The Bertz CT molecular complexity index is 568. The molecule has 0 aromatic carbocycles. The molecule has 10 nitrogen and oxygen atoms in total. The summed E-state index contributed by atoms with van der Waals surface area (Å²) in [6, 6.07) is 0. The number of ether oxygens (including phenoxy) is 3. The average Bonchev–Trinajstić information content (AvgIpc) is 2.55. The second-order valence-electron chi connectivity index (χ2n) is 5.61. The monoisotopic (exact) mass is 435 g/mol. The van der Waals surface area contributed by atoms with E-state index < -0.39 is 35.2 Å². The maximum atomic E-state index is 11.7. The maximum Gasteiger partial charge on any atom is 1.00 e. The van der Waals surface area contributed by atoms with Crippen LogP contribution in [0.2, 0.25) is 0 Å². The third-order valence-corrected chi connectivity index (χ3v) is 3.45. The molecular formula is C15H26KNO9S. The molecule has 0 rings (SSSR count). The average molecular weight is 436 g/mol. The summed E-state index contributed by atoms with van der Waals surface area (Å²) in [7, 11) is -4.92. The molecule has 0 aromatic heterocycles. The molecule has 0 aromatic rings. The summed E-state index contributed by atoms with van der Waals surface area (Å²) >= 11 is 0. The summed E-state index contributed by atoms with van der Waals surface area (Å²) in [5.41, 5.74) is 0.224. The molecule has 0 aliphatic heterocycles. The summed E-state index contributed by atoms with van der Waals surface area (Å²) in [4.78, 5) is 22.8. The van der Waals surface area contributed by atoms with E-state index in [2.05, 4.69) is 16.1 Å².